The minimum atomic E-state index is 0.120. The van der Waals surface area contributed by atoms with Crippen molar-refractivity contribution in [2.45, 2.75) is 38.6 Å². The first-order chi connectivity index (χ1) is 7.74. The van der Waals surface area contributed by atoms with Gasteiger partial charge in [-0.15, -0.1) is 0 Å². The van der Waals surface area contributed by atoms with Crippen LogP contribution in [0.15, 0.2) is 0 Å². The average molecular weight is 227 g/mol. The van der Waals surface area contributed by atoms with Crippen LogP contribution < -0.4 is 10.6 Å². The SMILES string of the molecule is CCCCNC(=O)CNCC1CCCN1C. The fraction of sp³-hybridized carbons (Fsp3) is 0.917. The zero-order valence-corrected chi connectivity index (χ0v) is 10.6. The van der Waals surface area contributed by atoms with Gasteiger partial charge in [-0.1, -0.05) is 13.3 Å². The van der Waals surface area contributed by atoms with Crippen LogP contribution in [0, 0.1) is 0 Å². The van der Waals surface area contributed by atoms with Crippen molar-refractivity contribution in [2.24, 2.45) is 0 Å². The molecule has 1 fully saturated rings. The molecule has 1 aliphatic rings. The summed E-state index contributed by atoms with van der Waals surface area (Å²) in [6.07, 6.45) is 4.73. The van der Waals surface area contributed by atoms with E-state index in [1.54, 1.807) is 0 Å². The molecular formula is C12H25N3O. The maximum atomic E-state index is 11.4. The van der Waals surface area contributed by atoms with Crippen LogP contribution >= 0.6 is 0 Å². The molecule has 16 heavy (non-hydrogen) atoms. The third kappa shape index (κ3) is 4.94. The highest BCUT2D eigenvalue weighted by Crippen LogP contribution is 2.13. The molecule has 4 nitrogen and oxygen atoms in total. The van der Waals surface area contributed by atoms with Gasteiger partial charge in [-0.2, -0.15) is 0 Å². The second kappa shape index (κ2) is 7.63. The molecular weight excluding hydrogens is 202 g/mol. The van der Waals surface area contributed by atoms with Crippen molar-refractivity contribution in [3.05, 3.63) is 0 Å². The summed E-state index contributed by atoms with van der Waals surface area (Å²) < 4.78 is 0. The van der Waals surface area contributed by atoms with Gasteiger partial charge in [0.15, 0.2) is 0 Å². The van der Waals surface area contributed by atoms with Gasteiger partial charge in [0, 0.05) is 19.1 Å². The van der Waals surface area contributed by atoms with Crippen molar-refractivity contribution >= 4 is 5.91 Å². The Kier molecular flexibility index (Phi) is 6.42. The van der Waals surface area contributed by atoms with Crippen LogP contribution in [0.25, 0.3) is 0 Å². The molecule has 0 aliphatic carbocycles. The highest BCUT2D eigenvalue weighted by Gasteiger charge is 2.20. The van der Waals surface area contributed by atoms with Crippen molar-refractivity contribution < 1.29 is 4.79 Å². The van der Waals surface area contributed by atoms with E-state index in [1.807, 2.05) is 0 Å². The lowest BCUT2D eigenvalue weighted by atomic mass is 10.2. The van der Waals surface area contributed by atoms with Crippen LogP contribution in [0.4, 0.5) is 0 Å². The Morgan fingerprint density at radius 1 is 1.50 bits per heavy atom. The van der Waals surface area contributed by atoms with Crippen LogP contribution in [0.2, 0.25) is 0 Å². The molecule has 1 rings (SSSR count). The summed E-state index contributed by atoms with van der Waals surface area (Å²) in [5.74, 6) is 0.120. The third-order valence-electron chi connectivity index (χ3n) is 3.19. The van der Waals surface area contributed by atoms with E-state index >= 15 is 0 Å². The standard InChI is InChI=1S/C12H25N3O/c1-3-4-7-14-12(16)10-13-9-11-6-5-8-15(11)2/h11,13H,3-10H2,1-2H3,(H,14,16). The number of carbonyl (C=O) groups excluding carboxylic acids is 1. The molecule has 0 aromatic heterocycles. The summed E-state index contributed by atoms with van der Waals surface area (Å²) in [5.41, 5.74) is 0. The Morgan fingerprint density at radius 2 is 2.31 bits per heavy atom. The molecule has 1 atom stereocenters. The van der Waals surface area contributed by atoms with Crippen molar-refractivity contribution in [3.63, 3.8) is 0 Å². The number of nitrogens with zero attached hydrogens (tertiary/aromatic N) is 1. The van der Waals surface area contributed by atoms with E-state index in [-0.39, 0.29) is 5.91 Å². The number of amides is 1. The zero-order valence-electron chi connectivity index (χ0n) is 10.6. The second-order valence-corrected chi connectivity index (χ2v) is 4.61. The predicted octanol–water partition coefficient (Wildman–Crippen LogP) is 0.587. The second-order valence-electron chi connectivity index (χ2n) is 4.61. The van der Waals surface area contributed by atoms with Crippen molar-refractivity contribution in [3.8, 4) is 0 Å². The minimum Gasteiger partial charge on any atom is -0.355 e. The highest BCUT2D eigenvalue weighted by molar-refractivity contribution is 5.77. The van der Waals surface area contributed by atoms with Gasteiger partial charge in [0.25, 0.3) is 0 Å². The highest BCUT2D eigenvalue weighted by atomic mass is 16.1. The van der Waals surface area contributed by atoms with Gasteiger partial charge < -0.3 is 15.5 Å². The normalized spacial score (nSPS) is 21.2. The number of likely N-dealkylation sites (N-methyl/N-ethyl adjacent to an activating group) is 1. The predicted molar refractivity (Wildman–Crippen MR) is 66.4 cm³/mol. The molecule has 1 unspecified atom stereocenters. The van der Waals surface area contributed by atoms with E-state index < -0.39 is 0 Å². The number of nitrogens with one attached hydrogen (secondary N) is 2. The minimum absolute atomic E-state index is 0.120. The number of carbonyl (C=O) groups is 1. The molecule has 1 aliphatic heterocycles. The van der Waals surface area contributed by atoms with E-state index in [0.29, 0.717) is 12.6 Å². The van der Waals surface area contributed by atoms with E-state index in [4.69, 9.17) is 0 Å². The Bertz CT molecular complexity index is 208. The van der Waals surface area contributed by atoms with Crippen LogP contribution in [-0.4, -0.2) is 50.1 Å². The summed E-state index contributed by atoms with van der Waals surface area (Å²) in [7, 11) is 2.15. The molecule has 1 heterocycles. The van der Waals surface area contributed by atoms with E-state index in [9.17, 15) is 4.79 Å². The fourth-order valence-electron chi connectivity index (χ4n) is 2.06. The van der Waals surface area contributed by atoms with Crippen LogP contribution in [0.3, 0.4) is 0 Å². The zero-order chi connectivity index (χ0) is 11.8. The van der Waals surface area contributed by atoms with Crippen LogP contribution in [-0.2, 0) is 4.79 Å². The topological polar surface area (TPSA) is 44.4 Å². The van der Waals surface area contributed by atoms with Crippen LogP contribution in [0.5, 0.6) is 0 Å². The molecule has 4 heteroatoms. The first-order valence-corrected chi connectivity index (χ1v) is 6.41. The lowest BCUT2D eigenvalue weighted by Crippen LogP contribution is -2.40. The van der Waals surface area contributed by atoms with Gasteiger partial charge in [-0.05, 0) is 32.9 Å². The number of rotatable bonds is 7. The number of likely N-dealkylation sites (tertiary alicyclic amines) is 1. The van der Waals surface area contributed by atoms with Gasteiger partial charge in [0.05, 0.1) is 6.54 Å². The van der Waals surface area contributed by atoms with E-state index in [1.165, 1.54) is 19.4 Å². The summed E-state index contributed by atoms with van der Waals surface area (Å²) in [6.45, 7) is 5.50. The molecule has 0 bridgehead atoms. The number of hydrogen-bond acceptors (Lipinski definition) is 3. The van der Waals surface area contributed by atoms with Crippen molar-refractivity contribution in [1.29, 1.82) is 0 Å². The third-order valence-corrected chi connectivity index (χ3v) is 3.19. The van der Waals surface area contributed by atoms with Crippen LogP contribution in [0.1, 0.15) is 32.6 Å². The molecule has 0 aromatic carbocycles. The van der Waals surface area contributed by atoms with Crippen molar-refractivity contribution in [2.75, 3.05) is 33.2 Å². The molecule has 0 aromatic rings. The molecule has 1 saturated heterocycles. The molecule has 94 valence electrons. The van der Waals surface area contributed by atoms with Gasteiger partial charge in [0.1, 0.15) is 0 Å². The fourth-order valence-corrected chi connectivity index (χ4v) is 2.06. The quantitative estimate of drug-likeness (QED) is 0.626. The Morgan fingerprint density at radius 3 is 2.94 bits per heavy atom. The van der Waals surface area contributed by atoms with E-state index in [2.05, 4.69) is 29.5 Å². The van der Waals surface area contributed by atoms with E-state index in [0.717, 1.165) is 25.9 Å². The number of hydrogen-bond donors (Lipinski definition) is 2. The smallest absolute Gasteiger partial charge is 0.233 e. The summed E-state index contributed by atoms with van der Waals surface area (Å²) in [4.78, 5) is 13.7. The van der Waals surface area contributed by atoms with Gasteiger partial charge in [-0.3, -0.25) is 4.79 Å². The maximum Gasteiger partial charge on any atom is 0.233 e. The first kappa shape index (κ1) is 13.5. The Labute approximate surface area is 98.8 Å². The average Bonchev–Trinajstić information content (AvgIpc) is 2.65. The lowest BCUT2D eigenvalue weighted by Gasteiger charge is -2.19. The molecule has 0 saturated carbocycles. The van der Waals surface area contributed by atoms with Gasteiger partial charge in [-0.25, -0.2) is 0 Å². The molecule has 2 N–H and O–H groups in total. The largest absolute Gasteiger partial charge is 0.355 e. The molecule has 0 radical (unpaired) electrons. The van der Waals surface area contributed by atoms with Crippen molar-refractivity contribution in [1.82, 2.24) is 15.5 Å². The first-order valence-electron chi connectivity index (χ1n) is 6.41. The summed E-state index contributed by atoms with van der Waals surface area (Å²) in [5, 5.41) is 6.14. The molecule has 1 amide bonds. The van der Waals surface area contributed by atoms with Gasteiger partial charge in [0.2, 0.25) is 5.91 Å². The maximum absolute atomic E-state index is 11.4. The molecule has 0 spiro atoms. The monoisotopic (exact) mass is 227 g/mol. The number of unbranched alkanes of at least 4 members (excludes halogenated alkanes) is 1. The lowest BCUT2D eigenvalue weighted by molar-refractivity contribution is -0.120. The Balaban J connectivity index is 1.99. The summed E-state index contributed by atoms with van der Waals surface area (Å²) >= 11 is 0. The van der Waals surface area contributed by atoms with Gasteiger partial charge >= 0.3 is 0 Å². The Hall–Kier alpha value is -0.610. The summed E-state index contributed by atoms with van der Waals surface area (Å²) in [6, 6.07) is 0.614.